The summed E-state index contributed by atoms with van der Waals surface area (Å²) in [6.07, 6.45) is 2.37. The van der Waals surface area contributed by atoms with Crippen molar-refractivity contribution in [1.82, 2.24) is 10.2 Å². The van der Waals surface area contributed by atoms with Gasteiger partial charge in [0.25, 0.3) is 5.91 Å². The van der Waals surface area contributed by atoms with Crippen LogP contribution < -0.4 is 5.32 Å². The van der Waals surface area contributed by atoms with E-state index in [0.29, 0.717) is 30.1 Å². The van der Waals surface area contributed by atoms with Crippen molar-refractivity contribution in [2.24, 2.45) is 0 Å². The number of hydrogen-bond donors (Lipinski definition) is 1. The molecule has 108 valence electrons. The molecule has 0 saturated carbocycles. The van der Waals surface area contributed by atoms with E-state index in [9.17, 15) is 9.59 Å². The average molecular weight is 360 g/mol. The van der Waals surface area contributed by atoms with Crippen molar-refractivity contribution in [3.05, 3.63) is 33.3 Å². The molecule has 0 radical (unpaired) electrons. The monoisotopic (exact) mass is 358 g/mol. The highest BCUT2D eigenvalue weighted by atomic mass is 79.9. The van der Waals surface area contributed by atoms with Crippen LogP contribution in [0.15, 0.2) is 22.7 Å². The second-order valence-electron chi connectivity index (χ2n) is 4.72. The van der Waals surface area contributed by atoms with Crippen LogP contribution in [-0.4, -0.2) is 36.3 Å². The summed E-state index contributed by atoms with van der Waals surface area (Å²) < 4.78 is 0.767. The molecule has 20 heavy (non-hydrogen) atoms. The topological polar surface area (TPSA) is 49.4 Å². The van der Waals surface area contributed by atoms with E-state index in [2.05, 4.69) is 21.2 Å². The van der Waals surface area contributed by atoms with E-state index in [1.165, 1.54) is 0 Å². The minimum absolute atomic E-state index is 0.146. The molecule has 1 aliphatic heterocycles. The van der Waals surface area contributed by atoms with Crippen molar-refractivity contribution in [2.75, 3.05) is 19.6 Å². The zero-order valence-electron chi connectivity index (χ0n) is 11.0. The molecular formula is C14H16BrClN2O2. The standard InChI is InChI=1S/C14H16BrClN2O2/c15-11-5-4-10(9-12(11)16)14(20)17-6-2-8-18-7-1-3-13(18)19/h4-5,9H,1-3,6-8H2,(H,17,20). The van der Waals surface area contributed by atoms with Gasteiger partial charge in [0.2, 0.25) is 5.91 Å². The second-order valence-corrected chi connectivity index (χ2v) is 5.98. The summed E-state index contributed by atoms with van der Waals surface area (Å²) in [7, 11) is 0. The Balaban J connectivity index is 1.74. The molecule has 1 saturated heterocycles. The first kappa shape index (κ1) is 15.3. The molecular weight excluding hydrogens is 344 g/mol. The number of carbonyl (C=O) groups excluding carboxylic acids is 2. The molecule has 1 fully saturated rings. The third-order valence-corrected chi connectivity index (χ3v) is 4.48. The largest absolute Gasteiger partial charge is 0.352 e. The fourth-order valence-corrected chi connectivity index (χ4v) is 2.58. The van der Waals surface area contributed by atoms with Gasteiger partial charge in [-0.2, -0.15) is 0 Å². The first-order chi connectivity index (χ1) is 9.58. The molecule has 1 N–H and O–H groups in total. The molecule has 1 aromatic carbocycles. The number of carbonyl (C=O) groups is 2. The molecule has 0 spiro atoms. The lowest BCUT2D eigenvalue weighted by Crippen LogP contribution is -2.30. The summed E-state index contributed by atoms with van der Waals surface area (Å²) in [6.45, 7) is 2.10. The number of halogens is 2. The van der Waals surface area contributed by atoms with Gasteiger partial charge in [0.1, 0.15) is 0 Å². The zero-order valence-corrected chi connectivity index (χ0v) is 13.3. The number of rotatable bonds is 5. The Bertz CT molecular complexity index is 522. The van der Waals surface area contributed by atoms with E-state index >= 15 is 0 Å². The van der Waals surface area contributed by atoms with Crippen LogP contribution in [0, 0.1) is 0 Å². The Morgan fingerprint density at radius 1 is 1.45 bits per heavy atom. The number of hydrogen-bond acceptors (Lipinski definition) is 2. The van der Waals surface area contributed by atoms with Crippen molar-refractivity contribution in [1.29, 1.82) is 0 Å². The molecule has 0 aromatic heterocycles. The fraction of sp³-hybridized carbons (Fsp3) is 0.429. The van der Waals surface area contributed by atoms with E-state index in [0.717, 1.165) is 23.9 Å². The summed E-state index contributed by atoms with van der Waals surface area (Å²) in [5, 5.41) is 3.35. The normalized spacial score (nSPS) is 14.7. The maximum atomic E-state index is 11.9. The van der Waals surface area contributed by atoms with Crippen molar-refractivity contribution in [3.63, 3.8) is 0 Å². The van der Waals surface area contributed by atoms with Crippen LogP contribution in [0.25, 0.3) is 0 Å². The van der Waals surface area contributed by atoms with Crippen molar-refractivity contribution >= 4 is 39.3 Å². The molecule has 2 rings (SSSR count). The third-order valence-electron chi connectivity index (χ3n) is 3.24. The van der Waals surface area contributed by atoms with Gasteiger partial charge in [-0.25, -0.2) is 0 Å². The van der Waals surface area contributed by atoms with Gasteiger partial charge in [-0.05, 0) is 47.0 Å². The fourth-order valence-electron chi connectivity index (χ4n) is 2.15. The van der Waals surface area contributed by atoms with Crippen LogP contribution in [-0.2, 0) is 4.79 Å². The zero-order chi connectivity index (χ0) is 14.5. The first-order valence-corrected chi connectivity index (χ1v) is 7.76. The van der Waals surface area contributed by atoms with Gasteiger partial charge in [0.05, 0.1) is 5.02 Å². The maximum Gasteiger partial charge on any atom is 0.251 e. The van der Waals surface area contributed by atoms with Crippen LogP contribution >= 0.6 is 27.5 Å². The summed E-state index contributed by atoms with van der Waals surface area (Å²) in [5.41, 5.74) is 0.537. The molecule has 6 heteroatoms. The number of benzene rings is 1. The Kier molecular flexibility index (Phi) is 5.43. The number of likely N-dealkylation sites (tertiary alicyclic amines) is 1. The summed E-state index contributed by atoms with van der Waals surface area (Å²) in [4.78, 5) is 25.2. The predicted molar refractivity (Wildman–Crippen MR) is 81.9 cm³/mol. The molecule has 4 nitrogen and oxygen atoms in total. The number of nitrogens with one attached hydrogen (secondary N) is 1. The van der Waals surface area contributed by atoms with Gasteiger partial charge >= 0.3 is 0 Å². The minimum Gasteiger partial charge on any atom is -0.352 e. The lowest BCUT2D eigenvalue weighted by Gasteiger charge is -2.15. The van der Waals surface area contributed by atoms with E-state index in [4.69, 9.17) is 11.6 Å². The Hall–Kier alpha value is -1.07. The predicted octanol–water partition coefficient (Wildman–Crippen LogP) is 2.84. The maximum absolute atomic E-state index is 11.9. The van der Waals surface area contributed by atoms with Crippen molar-refractivity contribution in [3.8, 4) is 0 Å². The lowest BCUT2D eigenvalue weighted by atomic mass is 10.2. The Morgan fingerprint density at radius 3 is 2.90 bits per heavy atom. The summed E-state index contributed by atoms with van der Waals surface area (Å²) >= 11 is 9.23. The van der Waals surface area contributed by atoms with E-state index in [1.807, 2.05) is 4.90 Å². The Morgan fingerprint density at radius 2 is 2.25 bits per heavy atom. The second kappa shape index (κ2) is 7.09. The van der Waals surface area contributed by atoms with Gasteiger partial charge < -0.3 is 10.2 Å². The van der Waals surface area contributed by atoms with Crippen LogP contribution in [0.1, 0.15) is 29.6 Å². The van der Waals surface area contributed by atoms with Crippen LogP contribution in [0.5, 0.6) is 0 Å². The SMILES string of the molecule is O=C(NCCCN1CCCC1=O)c1ccc(Br)c(Cl)c1. The molecule has 1 heterocycles. The van der Waals surface area contributed by atoms with E-state index < -0.39 is 0 Å². The molecule has 0 atom stereocenters. The van der Waals surface area contributed by atoms with Gasteiger partial charge in [-0.15, -0.1) is 0 Å². The average Bonchev–Trinajstić information content (AvgIpc) is 2.83. The highest BCUT2D eigenvalue weighted by Gasteiger charge is 2.19. The minimum atomic E-state index is -0.146. The van der Waals surface area contributed by atoms with Gasteiger partial charge in [-0.3, -0.25) is 9.59 Å². The van der Waals surface area contributed by atoms with Gasteiger partial charge in [0.15, 0.2) is 0 Å². The van der Waals surface area contributed by atoms with Crippen molar-refractivity contribution in [2.45, 2.75) is 19.3 Å². The van der Waals surface area contributed by atoms with Crippen LogP contribution in [0.4, 0.5) is 0 Å². The lowest BCUT2D eigenvalue weighted by molar-refractivity contribution is -0.127. The highest BCUT2D eigenvalue weighted by molar-refractivity contribution is 9.10. The molecule has 0 bridgehead atoms. The molecule has 0 unspecified atom stereocenters. The van der Waals surface area contributed by atoms with E-state index in [-0.39, 0.29) is 11.8 Å². The number of amides is 2. The van der Waals surface area contributed by atoms with Crippen LogP contribution in [0.3, 0.4) is 0 Å². The smallest absolute Gasteiger partial charge is 0.251 e. The summed E-state index contributed by atoms with van der Waals surface area (Å²) in [5.74, 6) is 0.0724. The Labute approximate surface area is 131 Å². The first-order valence-electron chi connectivity index (χ1n) is 6.59. The third kappa shape index (κ3) is 3.96. The quantitative estimate of drug-likeness (QED) is 0.822. The van der Waals surface area contributed by atoms with Crippen LogP contribution in [0.2, 0.25) is 5.02 Å². The molecule has 1 aromatic rings. The molecule has 0 aliphatic carbocycles. The van der Waals surface area contributed by atoms with Crippen molar-refractivity contribution < 1.29 is 9.59 Å². The highest BCUT2D eigenvalue weighted by Crippen LogP contribution is 2.23. The number of nitrogens with zero attached hydrogens (tertiary/aromatic N) is 1. The van der Waals surface area contributed by atoms with Gasteiger partial charge in [-0.1, -0.05) is 11.6 Å². The molecule has 2 amide bonds. The van der Waals surface area contributed by atoms with E-state index in [1.54, 1.807) is 18.2 Å². The summed E-state index contributed by atoms with van der Waals surface area (Å²) in [6, 6.07) is 5.10. The van der Waals surface area contributed by atoms with Gasteiger partial charge in [0, 0.05) is 36.1 Å². The molecule has 1 aliphatic rings.